The molecule has 1 fully saturated rings. The maximum absolute atomic E-state index is 9.57. The third kappa shape index (κ3) is 2.91. The molecular weight excluding hydrogens is 92.1 g/mol. The van der Waals surface area contributed by atoms with Gasteiger partial charge in [0.1, 0.15) is 6.29 Å². The third-order valence-corrected chi connectivity index (χ3v) is 0.814. The van der Waals surface area contributed by atoms with Crippen molar-refractivity contribution < 1.29 is 4.79 Å². The number of aldehydes is 1. The van der Waals surface area contributed by atoms with Gasteiger partial charge in [-0.3, -0.25) is 0 Å². The average Bonchev–Trinajstić information content (AvgIpc) is 2.52. The van der Waals surface area contributed by atoms with E-state index in [1.54, 1.807) is 0 Å². The predicted molar refractivity (Wildman–Crippen MR) is 22.2 cm³/mol. The number of nitrogens with zero attached hydrogens (tertiary/aromatic N) is 2. The van der Waals surface area contributed by atoms with Gasteiger partial charge >= 0.3 is 0 Å². The molecule has 1 aliphatic rings. The molecular formula is C4H6N2O. The Kier molecular flexibility index (Phi) is 2.86. The second-order valence-corrected chi connectivity index (χ2v) is 1.47. The van der Waals surface area contributed by atoms with E-state index in [9.17, 15) is 4.79 Å². The molecule has 0 radical (unpaired) electrons. The number of rotatable bonds is 1. The van der Waals surface area contributed by atoms with Crippen LogP contribution in [0, 0.1) is 16.7 Å². The van der Waals surface area contributed by atoms with Gasteiger partial charge in [-0.25, -0.2) is 0 Å². The lowest BCUT2D eigenvalue weighted by Crippen LogP contribution is -1.66. The van der Waals surface area contributed by atoms with Crippen molar-refractivity contribution in [2.24, 2.45) is 5.92 Å². The lowest BCUT2D eigenvalue weighted by molar-refractivity contribution is -0.108. The van der Waals surface area contributed by atoms with Gasteiger partial charge in [0.15, 0.2) is 0 Å². The first-order valence-electron chi connectivity index (χ1n) is 2.09. The molecule has 38 valence electrons. The summed E-state index contributed by atoms with van der Waals surface area (Å²) in [5.74, 6) is 0.454. The molecule has 3 heteroatoms. The molecule has 0 atom stereocenters. The van der Waals surface area contributed by atoms with E-state index >= 15 is 0 Å². The molecule has 0 aromatic rings. The van der Waals surface area contributed by atoms with Gasteiger partial charge in [-0.05, 0) is 12.8 Å². The molecule has 0 amide bonds. The zero-order valence-electron chi connectivity index (χ0n) is 3.87. The van der Waals surface area contributed by atoms with Gasteiger partial charge in [0.05, 0.1) is 0 Å². The normalized spacial score (nSPS) is 16.3. The Balaban J connectivity index is 0.000000162. The van der Waals surface area contributed by atoms with Crippen LogP contribution in [0.2, 0.25) is 0 Å². The highest BCUT2D eigenvalue weighted by Gasteiger charge is 2.18. The zero-order valence-corrected chi connectivity index (χ0v) is 3.87. The monoisotopic (exact) mass is 98.0 g/mol. The van der Waals surface area contributed by atoms with Crippen LogP contribution in [0.3, 0.4) is 0 Å². The van der Waals surface area contributed by atoms with Crippen LogP contribution in [-0.2, 0) is 4.79 Å². The molecule has 1 saturated carbocycles. The quantitative estimate of drug-likeness (QED) is 0.356. The summed E-state index contributed by atoms with van der Waals surface area (Å²) in [6, 6.07) is 0. The molecule has 0 N–H and O–H groups in total. The van der Waals surface area contributed by atoms with E-state index in [-0.39, 0.29) is 0 Å². The maximum atomic E-state index is 9.57. The second kappa shape index (κ2) is 3.29. The summed E-state index contributed by atoms with van der Waals surface area (Å²) in [5.41, 5.74) is 0. The molecule has 0 spiro atoms. The van der Waals surface area contributed by atoms with Crippen molar-refractivity contribution in [3.8, 4) is 0 Å². The van der Waals surface area contributed by atoms with Gasteiger partial charge in [0, 0.05) is 16.7 Å². The van der Waals surface area contributed by atoms with Gasteiger partial charge in [0.25, 0.3) is 0 Å². The van der Waals surface area contributed by atoms with E-state index in [2.05, 4.69) is 0 Å². The van der Waals surface area contributed by atoms with E-state index < -0.39 is 0 Å². The van der Waals surface area contributed by atoms with Gasteiger partial charge in [-0.1, -0.05) is 0 Å². The Labute approximate surface area is 41.7 Å². The summed E-state index contributed by atoms with van der Waals surface area (Å²) in [6.45, 7) is 0. The van der Waals surface area contributed by atoms with Crippen LogP contribution in [0.4, 0.5) is 0 Å². The van der Waals surface area contributed by atoms with E-state index in [0.29, 0.717) is 5.92 Å². The molecule has 1 rings (SSSR count). The van der Waals surface area contributed by atoms with Gasteiger partial charge in [-0.2, -0.15) is 0 Å². The number of carbonyl (C=O) groups excluding carboxylic acids is 1. The Morgan fingerprint density at radius 2 is 1.86 bits per heavy atom. The molecule has 3 nitrogen and oxygen atoms in total. The minimum Gasteiger partial charge on any atom is -0.303 e. The van der Waals surface area contributed by atoms with Crippen LogP contribution in [0.5, 0.6) is 0 Å². The van der Waals surface area contributed by atoms with Crippen molar-refractivity contribution in [3.05, 3.63) is 0 Å². The SMILES string of the molecule is N#N.O=CC1CC1. The van der Waals surface area contributed by atoms with Crippen molar-refractivity contribution in [2.45, 2.75) is 12.8 Å². The van der Waals surface area contributed by atoms with Crippen LogP contribution in [0.1, 0.15) is 12.8 Å². The largest absolute Gasteiger partial charge is 0.303 e. The van der Waals surface area contributed by atoms with Crippen LogP contribution >= 0.6 is 0 Å². The van der Waals surface area contributed by atoms with Crippen LogP contribution in [0.25, 0.3) is 0 Å². The van der Waals surface area contributed by atoms with E-state index in [1.165, 1.54) is 0 Å². The smallest absolute Gasteiger partial charge is 0.123 e. The van der Waals surface area contributed by atoms with Gasteiger partial charge in [-0.15, -0.1) is 0 Å². The summed E-state index contributed by atoms with van der Waals surface area (Å²) >= 11 is 0. The van der Waals surface area contributed by atoms with Crippen molar-refractivity contribution in [1.82, 2.24) is 0 Å². The molecule has 0 aromatic carbocycles. The van der Waals surface area contributed by atoms with Crippen molar-refractivity contribution in [1.29, 1.82) is 10.8 Å². The zero-order chi connectivity index (χ0) is 5.70. The Bertz CT molecular complexity index is 75.0. The highest BCUT2D eigenvalue weighted by molar-refractivity contribution is 5.56. The Hall–Kier alpha value is -0.910. The Morgan fingerprint density at radius 3 is 1.86 bits per heavy atom. The topological polar surface area (TPSA) is 64.7 Å². The second-order valence-electron chi connectivity index (χ2n) is 1.47. The van der Waals surface area contributed by atoms with Crippen molar-refractivity contribution >= 4 is 6.29 Å². The lowest BCUT2D eigenvalue weighted by Gasteiger charge is -1.56. The fourth-order valence-corrected chi connectivity index (χ4v) is 0.232. The summed E-state index contributed by atoms with van der Waals surface area (Å²) < 4.78 is 0. The van der Waals surface area contributed by atoms with Crippen LogP contribution in [-0.4, -0.2) is 6.29 Å². The molecule has 0 heterocycles. The summed E-state index contributed by atoms with van der Waals surface area (Å²) in [7, 11) is 0. The fraction of sp³-hybridized carbons (Fsp3) is 0.750. The molecule has 0 aromatic heterocycles. The first-order valence-corrected chi connectivity index (χ1v) is 2.09. The Morgan fingerprint density at radius 1 is 1.43 bits per heavy atom. The number of hydrogen-bond acceptors (Lipinski definition) is 3. The lowest BCUT2D eigenvalue weighted by atomic mass is 10.5. The minimum absolute atomic E-state index is 0.454. The van der Waals surface area contributed by atoms with E-state index in [0.717, 1.165) is 19.1 Å². The predicted octanol–water partition coefficient (Wildman–Crippen LogP) is 0.625. The molecule has 0 bridgehead atoms. The first kappa shape index (κ1) is 6.09. The molecule has 1 aliphatic carbocycles. The summed E-state index contributed by atoms with van der Waals surface area (Å²) in [4.78, 5) is 9.57. The molecule has 0 saturated heterocycles. The standard InChI is InChI=1S/C4H6O.N2/c5-3-4-1-2-4;1-2/h3-4H,1-2H2;. The van der Waals surface area contributed by atoms with Crippen LogP contribution in [0.15, 0.2) is 0 Å². The highest BCUT2D eigenvalue weighted by Crippen LogP contribution is 2.25. The highest BCUT2D eigenvalue weighted by atomic mass is 16.1. The number of hydrogen-bond donors (Lipinski definition) is 0. The molecule has 0 unspecified atom stereocenters. The molecule has 7 heavy (non-hydrogen) atoms. The fourth-order valence-electron chi connectivity index (χ4n) is 0.232. The van der Waals surface area contributed by atoms with Crippen molar-refractivity contribution in [2.75, 3.05) is 0 Å². The first-order chi connectivity index (χ1) is 3.43. The summed E-state index contributed by atoms with van der Waals surface area (Å²) in [5, 5.41) is 12.0. The maximum Gasteiger partial charge on any atom is 0.123 e. The summed E-state index contributed by atoms with van der Waals surface area (Å²) in [6.07, 6.45) is 3.31. The third-order valence-electron chi connectivity index (χ3n) is 0.814. The van der Waals surface area contributed by atoms with Gasteiger partial charge < -0.3 is 4.79 Å². The van der Waals surface area contributed by atoms with Crippen molar-refractivity contribution in [3.63, 3.8) is 0 Å². The average molecular weight is 98.1 g/mol. The van der Waals surface area contributed by atoms with E-state index in [1.807, 2.05) is 0 Å². The van der Waals surface area contributed by atoms with Gasteiger partial charge in [0.2, 0.25) is 0 Å². The molecule has 0 aliphatic heterocycles. The van der Waals surface area contributed by atoms with E-state index in [4.69, 9.17) is 10.8 Å². The minimum atomic E-state index is 0.454. The number of carbonyl (C=O) groups is 1. The van der Waals surface area contributed by atoms with Crippen LogP contribution < -0.4 is 0 Å².